The van der Waals surface area contributed by atoms with E-state index in [1.165, 1.54) is 11.8 Å². The maximum Gasteiger partial charge on any atom is 0.190 e. The zero-order valence-corrected chi connectivity index (χ0v) is 11.8. The largest absolute Gasteiger partial charge is 0.372 e. The first-order valence-electron chi connectivity index (χ1n) is 5.75. The fourth-order valence-corrected chi connectivity index (χ4v) is 2.46. The molecule has 1 aromatic heterocycles. The van der Waals surface area contributed by atoms with Crippen molar-refractivity contribution in [2.75, 3.05) is 24.3 Å². The Hall–Kier alpha value is -0.520. The highest BCUT2D eigenvalue weighted by Gasteiger charge is 2.48. The molecule has 2 saturated heterocycles. The maximum absolute atomic E-state index is 5.93. The lowest BCUT2D eigenvalue weighted by Crippen LogP contribution is -2.71. The van der Waals surface area contributed by atoms with Crippen LogP contribution in [0.3, 0.4) is 0 Å². The molecular formula is C11H16ClN3OS. The molecule has 2 atom stereocenters. The second kappa shape index (κ2) is 5.42. The van der Waals surface area contributed by atoms with Crippen molar-refractivity contribution < 1.29 is 4.74 Å². The number of anilines is 1. The van der Waals surface area contributed by atoms with Crippen LogP contribution < -0.4 is 4.90 Å². The number of ether oxygens (including phenoxy) is 1. The molecule has 2 aliphatic heterocycles. The molecule has 0 N–H and O–H groups in total. The van der Waals surface area contributed by atoms with Gasteiger partial charge in [0, 0.05) is 12.6 Å². The van der Waals surface area contributed by atoms with Crippen LogP contribution >= 0.6 is 23.4 Å². The molecule has 17 heavy (non-hydrogen) atoms. The number of morpholine rings is 1. The van der Waals surface area contributed by atoms with E-state index in [1.54, 1.807) is 0 Å². The predicted molar refractivity (Wildman–Crippen MR) is 71.0 cm³/mol. The van der Waals surface area contributed by atoms with Gasteiger partial charge < -0.3 is 9.64 Å². The molecule has 0 bridgehead atoms. The summed E-state index contributed by atoms with van der Waals surface area (Å²) in [5.41, 5.74) is 0. The molecule has 1 aromatic rings. The van der Waals surface area contributed by atoms with E-state index in [-0.39, 0.29) is 0 Å². The molecule has 1 unspecified atom stereocenters. The number of rotatable bonds is 2. The molecule has 2 aliphatic rings. The summed E-state index contributed by atoms with van der Waals surface area (Å²) >= 11 is 7.44. The summed E-state index contributed by atoms with van der Waals surface area (Å²) in [7, 11) is 0. The molecule has 0 radical (unpaired) electrons. The summed E-state index contributed by atoms with van der Waals surface area (Å²) in [5, 5.41) is 1.23. The normalized spacial score (nSPS) is 25.1. The number of thioether (sulfide) groups is 1. The van der Waals surface area contributed by atoms with Gasteiger partial charge in [0.05, 0.1) is 18.8 Å². The third-order valence-electron chi connectivity index (χ3n) is 2.82. The number of aromatic nitrogens is 2. The zero-order valence-electron chi connectivity index (χ0n) is 10.2. The Bertz CT molecular complexity index is 404. The second-order valence-corrected chi connectivity index (χ2v) is 4.79. The molecule has 3 rings (SSSR count). The summed E-state index contributed by atoms with van der Waals surface area (Å²) < 4.78 is 5.34. The molecule has 0 aliphatic carbocycles. The van der Waals surface area contributed by atoms with E-state index in [4.69, 9.17) is 16.3 Å². The fourth-order valence-electron chi connectivity index (χ4n) is 1.86. The van der Waals surface area contributed by atoms with Gasteiger partial charge in [0.2, 0.25) is 0 Å². The van der Waals surface area contributed by atoms with Crippen molar-refractivity contribution >= 4 is 29.2 Å². The predicted octanol–water partition coefficient (Wildman–Crippen LogP) is 2.47. The van der Waals surface area contributed by atoms with Crippen LogP contribution in [0.25, 0.3) is 0 Å². The molecule has 2 fully saturated rings. The topological polar surface area (TPSA) is 38.2 Å². The molecule has 0 saturated carbocycles. The summed E-state index contributed by atoms with van der Waals surface area (Å²) in [5.74, 6) is 0.920. The van der Waals surface area contributed by atoms with Gasteiger partial charge in [-0.05, 0) is 6.26 Å². The Morgan fingerprint density at radius 2 is 2.24 bits per heavy atom. The Morgan fingerprint density at radius 3 is 2.71 bits per heavy atom. The van der Waals surface area contributed by atoms with Gasteiger partial charge in [-0.2, -0.15) is 0 Å². The van der Waals surface area contributed by atoms with Crippen LogP contribution in [0.5, 0.6) is 0 Å². The number of nitrogens with zero attached hydrogens (tertiary/aromatic N) is 3. The van der Waals surface area contributed by atoms with Gasteiger partial charge in [-0.1, -0.05) is 37.2 Å². The minimum absolute atomic E-state index is 0.413. The molecule has 3 heterocycles. The van der Waals surface area contributed by atoms with Gasteiger partial charge in [-0.25, -0.2) is 9.97 Å². The Balaban J connectivity index is 0.000000514. The average Bonchev–Trinajstić information content (AvgIpc) is 2.34. The van der Waals surface area contributed by atoms with E-state index in [0.29, 0.717) is 17.3 Å². The first-order chi connectivity index (χ1) is 8.28. The van der Waals surface area contributed by atoms with E-state index in [0.717, 1.165) is 24.1 Å². The standard InChI is InChI=1S/C9H10ClN3OS.C2H6/c1-15-9-11-7(10)2-8(12-9)13-3-6-5(13)4-14-6;1-2/h2,5-6H,3-4H2,1H3;1-2H3/t5-,6?;/m1./s1. The van der Waals surface area contributed by atoms with Gasteiger partial charge in [0.25, 0.3) is 0 Å². The molecule has 0 amide bonds. The SMILES string of the molecule is CC.CSc1nc(Cl)cc(N2CC3OC[C@H]32)n1. The van der Waals surface area contributed by atoms with E-state index < -0.39 is 0 Å². The van der Waals surface area contributed by atoms with Crippen molar-refractivity contribution in [2.45, 2.75) is 31.1 Å². The number of hydrogen-bond acceptors (Lipinski definition) is 5. The van der Waals surface area contributed by atoms with Crippen LogP contribution in [0.4, 0.5) is 5.82 Å². The first kappa shape index (κ1) is 12.9. The van der Waals surface area contributed by atoms with Crippen molar-refractivity contribution in [1.29, 1.82) is 0 Å². The van der Waals surface area contributed by atoms with Gasteiger partial charge in [0.15, 0.2) is 5.16 Å². The van der Waals surface area contributed by atoms with Crippen LogP contribution in [0, 0.1) is 0 Å². The Morgan fingerprint density at radius 1 is 1.47 bits per heavy atom. The van der Waals surface area contributed by atoms with Crippen LogP contribution in [0.15, 0.2) is 11.2 Å². The van der Waals surface area contributed by atoms with Gasteiger partial charge in [-0.15, -0.1) is 0 Å². The van der Waals surface area contributed by atoms with Crippen molar-refractivity contribution in [3.63, 3.8) is 0 Å². The molecule has 0 spiro atoms. The van der Waals surface area contributed by atoms with Crippen LogP contribution in [0.2, 0.25) is 5.15 Å². The Labute approximate surface area is 111 Å². The van der Waals surface area contributed by atoms with Gasteiger partial charge >= 0.3 is 0 Å². The second-order valence-electron chi connectivity index (χ2n) is 3.63. The minimum atomic E-state index is 0.413. The summed E-state index contributed by atoms with van der Waals surface area (Å²) in [4.78, 5) is 10.8. The third-order valence-corrected chi connectivity index (χ3v) is 3.57. The summed E-state index contributed by atoms with van der Waals surface area (Å²) in [6, 6.07) is 2.32. The van der Waals surface area contributed by atoms with Crippen molar-refractivity contribution in [3.8, 4) is 0 Å². The van der Waals surface area contributed by atoms with Gasteiger partial charge in [-0.3, -0.25) is 0 Å². The van der Waals surface area contributed by atoms with E-state index in [9.17, 15) is 0 Å². The van der Waals surface area contributed by atoms with E-state index >= 15 is 0 Å². The van der Waals surface area contributed by atoms with Crippen molar-refractivity contribution in [3.05, 3.63) is 11.2 Å². The van der Waals surface area contributed by atoms with E-state index in [2.05, 4.69) is 14.9 Å². The van der Waals surface area contributed by atoms with Crippen LogP contribution in [-0.4, -0.2) is 41.5 Å². The maximum atomic E-state index is 5.93. The number of halogens is 1. The molecule has 0 aromatic carbocycles. The molecular weight excluding hydrogens is 258 g/mol. The van der Waals surface area contributed by atoms with Gasteiger partial charge in [0.1, 0.15) is 11.0 Å². The number of hydrogen-bond donors (Lipinski definition) is 0. The first-order valence-corrected chi connectivity index (χ1v) is 7.35. The van der Waals surface area contributed by atoms with Crippen molar-refractivity contribution in [2.24, 2.45) is 0 Å². The van der Waals surface area contributed by atoms with Crippen molar-refractivity contribution in [1.82, 2.24) is 9.97 Å². The highest BCUT2D eigenvalue weighted by molar-refractivity contribution is 7.98. The third kappa shape index (κ3) is 2.37. The summed E-state index contributed by atoms with van der Waals surface area (Å²) in [6.45, 7) is 5.73. The van der Waals surface area contributed by atoms with Crippen LogP contribution in [0.1, 0.15) is 13.8 Å². The molecule has 94 valence electrons. The minimum Gasteiger partial charge on any atom is -0.372 e. The number of fused-ring (bicyclic) bond motifs is 1. The van der Waals surface area contributed by atoms with E-state index in [1.807, 2.05) is 26.2 Å². The lowest BCUT2D eigenvalue weighted by atomic mass is 9.95. The smallest absolute Gasteiger partial charge is 0.190 e. The molecule has 4 nitrogen and oxygen atoms in total. The van der Waals surface area contributed by atoms with Crippen LogP contribution in [-0.2, 0) is 4.74 Å². The lowest BCUT2D eigenvalue weighted by Gasteiger charge is -2.55. The highest BCUT2D eigenvalue weighted by atomic mass is 35.5. The fraction of sp³-hybridized carbons (Fsp3) is 0.636. The lowest BCUT2D eigenvalue weighted by molar-refractivity contribution is -0.113. The Kier molecular flexibility index (Phi) is 4.12. The zero-order chi connectivity index (χ0) is 12.4. The summed E-state index contributed by atoms with van der Waals surface area (Å²) in [6.07, 6.45) is 2.36. The molecule has 6 heteroatoms. The quantitative estimate of drug-likeness (QED) is 0.470. The monoisotopic (exact) mass is 273 g/mol. The highest BCUT2D eigenvalue weighted by Crippen LogP contribution is 2.35. The average molecular weight is 274 g/mol.